The van der Waals surface area contributed by atoms with Gasteiger partial charge in [-0.05, 0) is 44.9 Å². The van der Waals surface area contributed by atoms with Crippen LogP contribution in [0, 0.1) is 23.7 Å². The van der Waals surface area contributed by atoms with Crippen LogP contribution in [0.3, 0.4) is 0 Å². The predicted molar refractivity (Wildman–Crippen MR) is 70.9 cm³/mol. The van der Waals surface area contributed by atoms with Crippen molar-refractivity contribution in [1.82, 2.24) is 4.90 Å². The van der Waals surface area contributed by atoms with E-state index in [0.717, 1.165) is 19.5 Å². The fourth-order valence-electron chi connectivity index (χ4n) is 3.50. The Balaban J connectivity index is 1.94. The molecule has 3 rings (SSSR count). The minimum atomic E-state index is 0.267. The molecule has 0 radical (unpaired) electrons. The highest BCUT2D eigenvalue weighted by Crippen LogP contribution is 2.48. The summed E-state index contributed by atoms with van der Waals surface area (Å²) in [5.74, 6) is 2.76. The number of carbonyl (C=O) groups excluding carboxylic acids is 1. The van der Waals surface area contributed by atoms with Crippen LogP contribution >= 0.6 is 0 Å². The molecule has 17 heavy (non-hydrogen) atoms. The maximum Gasteiger partial charge on any atom is 0.136 e. The first kappa shape index (κ1) is 13.1. The van der Waals surface area contributed by atoms with E-state index in [2.05, 4.69) is 39.5 Å². The van der Waals surface area contributed by atoms with Crippen LogP contribution in [0.15, 0.2) is 0 Å². The van der Waals surface area contributed by atoms with Gasteiger partial charge in [-0.1, -0.05) is 13.8 Å². The Morgan fingerprint density at radius 2 is 1.76 bits per heavy atom. The van der Waals surface area contributed by atoms with Gasteiger partial charge in [0.25, 0.3) is 0 Å². The molecule has 2 aliphatic heterocycles. The molecule has 0 amide bonds. The molecule has 2 heterocycles. The third-order valence-electron chi connectivity index (χ3n) is 4.46. The lowest BCUT2D eigenvalue weighted by Crippen LogP contribution is -2.61. The van der Waals surface area contributed by atoms with E-state index < -0.39 is 0 Å². The van der Waals surface area contributed by atoms with Crippen molar-refractivity contribution in [2.45, 2.75) is 53.0 Å². The van der Waals surface area contributed by atoms with Gasteiger partial charge in [0.05, 0.1) is 0 Å². The van der Waals surface area contributed by atoms with Crippen LogP contribution in [0.4, 0.5) is 0 Å². The summed E-state index contributed by atoms with van der Waals surface area (Å²) in [6, 6.07) is 0. The third-order valence-corrected chi connectivity index (χ3v) is 4.46. The fourth-order valence-corrected chi connectivity index (χ4v) is 3.50. The van der Waals surface area contributed by atoms with E-state index in [0.29, 0.717) is 29.5 Å². The summed E-state index contributed by atoms with van der Waals surface area (Å²) in [5.41, 5.74) is 0.267. The highest BCUT2D eigenvalue weighted by molar-refractivity contribution is 5.83. The van der Waals surface area contributed by atoms with Crippen LogP contribution in [0.5, 0.6) is 0 Å². The number of fused-ring (bicyclic) bond motifs is 2. The molecular formula is C15H27NO. The van der Waals surface area contributed by atoms with Crippen molar-refractivity contribution in [3.8, 4) is 0 Å². The second-order valence-electron chi connectivity index (χ2n) is 7.42. The van der Waals surface area contributed by atoms with E-state index in [1.807, 2.05) is 0 Å². The molecule has 1 aliphatic carbocycles. The molecule has 2 bridgehead atoms. The van der Waals surface area contributed by atoms with Gasteiger partial charge in [0.15, 0.2) is 0 Å². The summed E-state index contributed by atoms with van der Waals surface area (Å²) in [6.45, 7) is 13.4. The molecule has 0 N–H and O–H groups in total. The number of hydrogen-bond acceptors (Lipinski definition) is 2. The first-order valence-corrected chi connectivity index (χ1v) is 7.07. The van der Waals surface area contributed by atoms with Gasteiger partial charge < -0.3 is 0 Å². The van der Waals surface area contributed by atoms with Crippen LogP contribution in [0.1, 0.15) is 47.5 Å². The van der Waals surface area contributed by atoms with Crippen LogP contribution in [-0.4, -0.2) is 29.3 Å². The number of hydrogen-bond donors (Lipinski definition) is 0. The number of Topliss-reactive ketones (excluding diaryl/α,β-unsaturated/α-hetero) is 1. The molecule has 2 atom stereocenters. The molecule has 3 aliphatic rings. The van der Waals surface area contributed by atoms with Gasteiger partial charge in [0, 0.05) is 31.0 Å². The normalized spacial score (nSPS) is 33.6. The maximum absolute atomic E-state index is 12.2. The molecule has 0 aromatic rings. The first-order valence-electron chi connectivity index (χ1n) is 7.07. The molecular weight excluding hydrogens is 210 g/mol. The molecule has 0 aromatic carbocycles. The molecule has 2 unspecified atom stereocenters. The van der Waals surface area contributed by atoms with Gasteiger partial charge in [0.1, 0.15) is 5.78 Å². The SMILES string of the molecule is CC(C)CC(=O)C1C2CC1CN(C(C)(C)C)C2. The van der Waals surface area contributed by atoms with Gasteiger partial charge in [-0.2, -0.15) is 0 Å². The van der Waals surface area contributed by atoms with E-state index in [1.54, 1.807) is 0 Å². The number of piperidine rings is 2. The van der Waals surface area contributed by atoms with E-state index >= 15 is 0 Å². The zero-order chi connectivity index (χ0) is 12.8. The van der Waals surface area contributed by atoms with Crippen molar-refractivity contribution in [2.24, 2.45) is 23.7 Å². The molecule has 3 fully saturated rings. The van der Waals surface area contributed by atoms with Crippen molar-refractivity contribution in [1.29, 1.82) is 0 Å². The summed E-state index contributed by atoms with van der Waals surface area (Å²) < 4.78 is 0. The van der Waals surface area contributed by atoms with Crippen molar-refractivity contribution >= 4 is 5.78 Å². The molecule has 0 aromatic heterocycles. The largest absolute Gasteiger partial charge is 0.299 e. The maximum atomic E-state index is 12.2. The third kappa shape index (κ3) is 2.57. The lowest BCUT2D eigenvalue weighted by Gasteiger charge is -2.56. The first-order chi connectivity index (χ1) is 7.79. The van der Waals surface area contributed by atoms with Gasteiger partial charge >= 0.3 is 0 Å². The van der Waals surface area contributed by atoms with Gasteiger partial charge in [-0.25, -0.2) is 0 Å². The highest BCUT2D eigenvalue weighted by Gasteiger charge is 2.51. The van der Waals surface area contributed by atoms with E-state index in [4.69, 9.17) is 0 Å². The van der Waals surface area contributed by atoms with E-state index in [-0.39, 0.29) is 5.54 Å². The Bertz CT molecular complexity index is 291. The van der Waals surface area contributed by atoms with E-state index in [1.165, 1.54) is 6.42 Å². The van der Waals surface area contributed by atoms with Crippen molar-refractivity contribution in [2.75, 3.05) is 13.1 Å². The number of ketones is 1. The van der Waals surface area contributed by atoms with Gasteiger partial charge in [0.2, 0.25) is 0 Å². The smallest absolute Gasteiger partial charge is 0.136 e. The number of rotatable bonds is 3. The van der Waals surface area contributed by atoms with Crippen LogP contribution in [-0.2, 0) is 4.79 Å². The Kier molecular flexibility index (Phi) is 3.37. The van der Waals surface area contributed by atoms with Gasteiger partial charge in [-0.3, -0.25) is 9.69 Å². The minimum absolute atomic E-state index is 0.267. The Morgan fingerprint density at radius 3 is 2.18 bits per heavy atom. The van der Waals surface area contributed by atoms with Gasteiger partial charge in [-0.15, -0.1) is 0 Å². The van der Waals surface area contributed by atoms with Crippen LogP contribution < -0.4 is 0 Å². The number of carbonyl (C=O) groups is 1. The zero-order valence-corrected chi connectivity index (χ0v) is 12.0. The highest BCUT2D eigenvalue weighted by atomic mass is 16.1. The molecule has 2 heteroatoms. The lowest BCUT2D eigenvalue weighted by molar-refractivity contribution is -0.144. The standard InChI is InChI=1S/C15H27NO/c1-10(2)6-13(17)14-11-7-12(14)9-16(8-11)15(3,4)5/h10-12,14H,6-9H2,1-5H3. The molecule has 98 valence electrons. The van der Waals surface area contributed by atoms with Crippen LogP contribution in [0.2, 0.25) is 0 Å². The Labute approximate surface area is 106 Å². The summed E-state index contributed by atoms with van der Waals surface area (Å²) in [5, 5.41) is 0. The Hall–Kier alpha value is -0.370. The predicted octanol–water partition coefficient (Wildman–Crippen LogP) is 2.97. The topological polar surface area (TPSA) is 20.3 Å². The van der Waals surface area contributed by atoms with Crippen molar-refractivity contribution in [3.05, 3.63) is 0 Å². The minimum Gasteiger partial charge on any atom is -0.299 e. The average molecular weight is 237 g/mol. The quantitative estimate of drug-likeness (QED) is 0.752. The average Bonchev–Trinajstić information content (AvgIpc) is 2.14. The van der Waals surface area contributed by atoms with Crippen LogP contribution in [0.25, 0.3) is 0 Å². The zero-order valence-electron chi connectivity index (χ0n) is 12.0. The van der Waals surface area contributed by atoms with E-state index in [9.17, 15) is 4.79 Å². The molecule has 2 nitrogen and oxygen atoms in total. The number of nitrogens with zero attached hydrogens (tertiary/aromatic N) is 1. The van der Waals surface area contributed by atoms with Crippen molar-refractivity contribution < 1.29 is 4.79 Å². The lowest BCUT2D eigenvalue weighted by atomic mass is 9.58. The second-order valence-corrected chi connectivity index (χ2v) is 7.42. The second kappa shape index (κ2) is 4.38. The summed E-state index contributed by atoms with van der Waals surface area (Å²) in [7, 11) is 0. The van der Waals surface area contributed by atoms with Crippen molar-refractivity contribution in [3.63, 3.8) is 0 Å². The molecule has 1 saturated carbocycles. The monoisotopic (exact) mass is 237 g/mol. The summed E-state index contributed by atoms with van der Waals surface area (Å²) >= 11 is 0. The molecule has 2 saturated heterocycles. The molecule has 0 spiro atoms. The summed E-state index contributed by atoms with van der Waals surface area (Å²) in [4.78, 5) is 14.7. The Morgan fingerprint density at radius 1 is 1.24 bits per heavy atom. The summed E-state index contributed by atoms with van der Waals surface area (Å²) in [6.07, 6.45) is 2.08. The fraction of sp³-hybridized carbons (Fsp3) is 0.933.